The van der Waals surface area contributed by atoms with Gasteiger partial charge in [-0.25, -0.2) is 0 Å². The van der Waals surface area contributed by atoms with E-state index in [1.165, 1.54) is 0 Å². The Balaban J connectivity index is 1.74. The molecule has 2 aromatic rings. The quantitative estimate of drug-likeness (QED) is 0.703. The first-order chi connectivity index (χ1) is 11.2. The van der Waals surface area contributed by atoms with Gasteiger partial charge in [-0.15, -0.1) is 0 Å². The fourth-order valence-electron chi connectivity index (χ4n) is 1.99. The van der Waals surface area contributed by atoms with Crippen LogP contribution in [0.3, 0.4) is 0 Å². The molecular formula is C19H25NO3. The number of ether oxygens (including phenoxy) is 3. The van der Waals surface area contributed by atoms with Crippen LogP contribution in [0, 0.1) is 5.92 Å². The number of anilines is 1. The SMILES string of the molecule is COc1ccc(OCCNc2cccc(OCC(C)C)c2)cc1. The first-order valence-electron chi connectivity index (χ1n) is 7.91. The van der Waals surface area contributed by atoms with Gasteiger partial charge in [0.25, 0.3) is 0 Å². The van der Waals surface area contributed by atoms with Gasteiger partial charge < -0.3 is 19.5 Å². The molecule has 0 aromatic heterocycles. The second kappa shape index (κ2) is 8.93. The largest absolute Gasteiger partial charge is 0.497 e. The molecule has 0 aliphatic heterocycles. The topological polar surface area (TPSA) is 39.7 Å². The first kappa shape index (κ1) is 17.0. The molecule has 2 aromatic carbocycles. The van der Waals surface area contributed by atoms with Crippen molar-refractivity contribution >= 4 is 5.69 Å². The molecule has 4 nitrogen and oxygen atoms in total. The Bertz CT molecular complexity index is 581. The third-order valence-electron chi connectivity index (χ3n) is 3.18. The van der Waals surface area contributed by atoms with Crippen molar-refractivity contribution in [1.29, 1.82) is 0 Å². The first-order valence-corrected chi connectivity index (χ1v) is 7.91. The van der Waals surface area contributed by atoms with E-state index in [0.717, 1.165) is 36.1 Å². The Morgan fingerprint density at radius 2 is 1.65 bits per heavy atom. The lowest BCUT2D eigenvalue weighted by molar-refractivity contribution is 0.271. The molecule has 0 fully saturated rings. The zero-order valence-electron chi connectivity index (χ0n) is 14.0. The van der Waals surface area contributed by atoms with Crippen molar-refractivity contribution in [2.24, 2.45) is 5.92 Å². The molecule has 2 rings (SSSR count). The maximum absolute atomic E-state index is 5.72. The van der Waals surface area contributed by atoms with Gasteiger partial charge in [0.2, 0.25) is 0 Å². The van der Waals surface area contributed by atoms with E-state index in [1.807, 2.05) is 48.5 Å². The normalized spacial score (nSPS) is 10.4. The third kappa shape index (κ3) is 6.10. The number of benzene rings is 2. The standard InChI is InChI=1S/C19H25NO3/c1-15(2)14-23-19-6-4-5-16(13-19)20-11-12-22-18-9-7-17(21-3)8-10-18/h4-10,13,15,20H,11-12,14H2,1-3H3. The number of hydrogen-bond donors (Lipinski definition) is 1. The summed E-state index contributed by atoms with van der Waals surface area (Å²) in [5, 5.41) is 3.34. The average molecular weight is 315 g/mol. The lowest BCUT2D eigenvalue weighted by Gasteiger charge is -2.12. The van der Waals surface area contributed by atoms with Gasteiger partial charge in [0, 0.05) is 18.3 Å². The van der Waals surface area contributed by atoms with Gasteiger partial charge in [0.1, 0.15) is 23.9 Å². The van der Waals surface area contributed by atoms with Crippen LogP contribution in [0.5, 0.6) is 17.2 Å². The molecule has 0 atom stereocenters. The molecule has 4 heteroatoms. The monoisotopic (exact) mass is 315 g/mol. The molecule has 0 heterocycles. The van der Waals surface area contributed by atoms with E-state index < -0.39 is 0 Å². The van der Waals surface area contributed by atoms with E-state index in [2.05, 4.69) is 19.2 Å². The van der Waals surface area contributed by atoms with Gasteiger partial charge in [-0.3, -0.25) is 0 Å². The van der Waals surface area contributed by atoms with Crippen molar-refractivity contribution in [3.05, 3.63) is 48.5 Å². The van der Waals surface area contributed by atoms with Crippen molar-refractivity contribution in [3.8, 4) is 17.2 Å². The Morgan fingerprint density at radius 1 is 0.913 bits per heavy atom. The van der Waals surface area contributed by atoms with Crippen LogP contribution in [-0.4, -0.2) is 26.9 Å². The minimum absolute atomic E-state index is 0.518. The molecule has 0 amide bonds. The van der Waals surface area contributed by atoms with Gasteiger partial charge in [0.05, 0.1) is 13.7 Å². The Labute approximate surface area is 138 Å². The predicted octanol–water partition coefficient (Wildman–Crippen LogP) is 4.22. The molecule has 0 radical (unpaired) electrons. The van der Waals surface area contributed by atoms with Crippen LogP contribution in [0.25, 0.3) is 0 Å². The third-order valence-corrected chi connectivity index (χ3v) is 3.18. The fraction of sp³-hybridized carbons (Fsp3) is 0.368. The Hall–Kier alpha value is -2.36. The van der Waals surface area contributed by atoms with E-state index in [-0.39, 0.29) is 0 Å². The predicted molar refractivity (Wildman–Crippen MR) is 93.8 cm³/mol. The zero-order valence-corrected chi connectivity index (χ0v) is 14.0. The second-order valence-electron chi connectivity index (χ2n) is 5.68. The van der Waals surface area contributed by atoms with Crippen molar-refractivity contribution in [1.82, 2.24) is 0 Å². The van der Waals surface area contributed by atoms with Crippen LogP contribution in [-0.2, 0) is 0 Å². The highest BCUT2D eigenvalue weighted by Gasteiger charge is 1.99. The summed E-state index contributed by atoms with van der Waals surface area (Å²) in [6, 6.07) is 15.6. The summed E-state index contributed by atoms with van der Waals surface area (Å²) in [6.07, 6.45) is 0. The Morgan fingerprint density at radius 3 is 2.35 bits per heavy atom. The van der Waals surface area contributed by atoms with Crippen molar-refractivity contribution in [2.75, 3.05) is 32.2 Å². The fourth-order valence-corrected chi connectivity index (χ4v) is 1.99. The number of nitrogens with one attached hydrogen (secondary N) is 1. The van der Waals surface area contributed by atoms with E-state index in [0.29, 0.717) is 12.5 Å². The van der Waals surface area contributed by atoms with Crippen molar-refractivity contribution in [2.45, 2.75) is 13.8 Å². The summed E-state index contributed by atoms with van der Waals surface area (Å²) in [4.78, 5) is 0. The molecule has 23 heavy (non-hydrogen) atoms. The lowest BCUT2D eigenvalue weighted by atomic mass is 10.2. The minimum Gasteiger partial charge on any atom is -0.497 e. The summed E-state index contributed by atoms with van der Waals surface area (Å²) in [5.41, 5.74) is 1.03. The number of hydrogen-bond acceptors (Lipinski definition) is 4. The smallest absolute Gasteiger partial charge is 0.121 e. The van der Waals surface area contributed by atoms with Crippen LogP contribution in [0.15, 0.2) is 48.5 Å². The maximum Gasteiger partial charge on any atom is 0.121 e. The van der Waals surface area contributed by atoms with Crippen molar-refractivity contribution < 1.29 is 14.2 Å². The summed E-state index contributed by atoms with van der Waals surface area (Å²) in [7, 11) is 1.65. The molecular weight excluding hydrogens is 290 g/mol. The average Bonchev–Trinajstić information content (AvgIpc) is 2.58. The second-order valence-corrected chi connectivity index (χ2v) is 5.68. The van der Waals surface area contributed by atoms with E-state index in [1.54, 1.807) is 7.11 Å². The summed E-state index contributed by atoms with van der Waals surface area (Å²) < 4.78 is 16.5. The van der Waals surface area contributed by atoms with Crippen LogP contribution >= 0.6 is 0 Å². The molecule has 1 N–H and O–H groups in total. The molecule has 0 unspecified atom stereocenters. The summed E-state index contributed by atoms with van der Waals surface area (Å²) in [5.74, 6) is 3.07. The molecule has 0 bridgehead atoms. The van der Waals surface area contributed by atoms with Crippen LogP contribution in [0.1, 0.15) is 13.8 Å². The highest BCUT2D eigenvalue weighted by molar-refractivity contribution is 5.48. The van der Waals surface area contributed by atoms with Gasteiger partial charge in [0.15, 0.2) is 0 Å². The molecule has 0 aliphatic carbocycles. The molecule has 0 aliphatic rings. The van der Waals surface area contributed by atoms with E-state index in [4.69, 9.17) is 14.2 Å². The molecule has 0 saturated carbocycles. The summed E-state index contributed by atoms with van der Waals surface area (Å²) in [6.45, 7) is 6.31. The van der Waals surface area contributed by atoms with E-state index >= 15 is 0 Å². The van der Waals surface area contributed by atoms with Gasteiger partial charge in [-0.2, -0.15) is 0 Å². The number of rotatable bonds is 9. The molecule has 124 valence electrons. The Kier molecular flexibility index (Phi) is 6.60. The summed E-state index contributed by atoms with van der Waals surface area (Å²) >= 11 is 0. The van der Waals surface area contributed by atoms with Gasteiger partial charge in [-0.1, -0.05) is 19.9 Å². The van der Waals surface area contributed by atoms with Gasteiger partial charge in [-0.05, 0) is 42.3 Å². The van der Waals surface area contributed by atoms with Crippen LogP contribution < -0.4 is 19.5 Å². The number of methoxy groups -OCH3 is 1. The zero-order chi connectivity index (χ0) is 16.5. The molecule has 0 saturated heterocycles. The molecule has 0 spiro atoms. The highest BCUT2D eigenvalue weighted by atomic mass is 16.5. The maximum atomic E-state index is 5.72. The lowest BCUT2D eigenvalue weighted by Crippen LogP contribution is -2.11. The highest BCUT2D eigenvalue weighted by Crippen LogP contribution is 2.19. The van der Waals surface area contributed by atoms with Crippen LogP contribution in [0.4, 0.5) is 5.69 Å². The van der Waals surface area contributed by atoms with E-state index in [9.17, 15) is 0 Å². The van der Waals surface area contributed by atoms with Crippen LogP contribution in [0.2, 0.25) is 0 Å². The minimum atomic E-state index is 0.518. The van der Waals surface area contributed by atoms with Crippen molar-refractivity contribution in [3.63, 3.8) is 0 Å². The van der Waals surface area contributed by atoms with Gasteiger partial charge >= 0.3 is 0 Å².